The number of nitrogens with one attached hydrogen (secondary N) is 2. The van der Waals surface area contributed by atoms with Gasteiger partial charge < -0.3 is 15.2 Å². The second kappa shape index (κ2) is 9.52. The Labute approximate surface area is 168 Å². The Morgan fingerprint density at radius 1 is 1.24 bits per heavy atom. The van der Waals surface area contributed by atoms with Crippen molar-refractivity contribution < 1.29 is 0 Å². The summed E-state index contributed by atoms with van der Waals surface area (Å²) in [5.41, 5.74) is 2.28. The zero-order valence-corrected chi connectivity index (χ0v) is 17.3. The summed E-state index contributed by atoms with van der Waals surface area (Å²) in [5.74, 6) is 0.753. The van der Waals surface area contributed by atoms with Crippen molar-refractivity contribution in [1.82, 2.24) is 25.2 Å². The molecule has 0 spiro atoms. The van der Waals surface area contributed by atoms with Crippen molar-refractivity contribution in [3.63, 3.8) is 0 Å². The van der Waals surface area contributed by atoms with Crippen LogP contribution in [0, 0.1) is 6.92 Å². The molecular formula is C17H21IN6S. The van der Waals surface area contributed by atoms with E-state index in [1.165, 1.54) is 10.4 Å². The van der Waals surface area contributed by atoms with Crippen LogP contribution in [-0.4, -0.2) is 27.5 Å². The van der Waals surface area contributed by atoms with Crippen LogP contribution in [0.2, 0.25) is 0 Å². The van der Waals surface area contributed by atoms with E-state index in [0.29, 0.717) is 13.1 Å². The second-order valence-corrected chi connectivity index (χ2v) is 6.56. The molecule has 6 nitrogen and oxygen atoms in total. The van der Waals surface area contributed by atoms with Crippen molar-refractivity contribution in [3.05, 3.63) is 64.6 Å². The first-order valence-electron chi connectivity index (χ1n) is 7.68. The molecule has 1 aromatic carbocycles. The number of thiazole rings is 1. The van der Waals surface area contributed by atoms with Crippen LogP contribution in [0.4, 0.5) is 0 Å². The summed E-state index contributed by atoms with van der Waals surface area (Å²) in [5, 5.41) is 7.69. The minimum Gasteiger partial charge on any atom is -0.352 e. The number of guanidine groups is 1. The summed E-state index contributed by atoms with van der Waals surface area (Å²) in [4.78, 5) is 13.9. The van der Waals surface area contributed by atoms with Crippen molar-refractivity contribution in [1.29, 1.82) is 0 Å². The van der Waals surface area contributed by atoms with Crippen molar-refractivity contribution >= 4 is 41.3 Å². The molecule has 8 heteroatoms. The Balaban J connectivity index is 0.00000225. The molecule has 0 bridgehead atoms. The molecule has 0 saturated carbocycles. The molecule has 2 aromatic heterocycles. The van der Waals surface area contributed by atoms with E-state index in [1.807, 2.05) is 29.1 Å². The molecule has 25 heavy (non-hydrogen) atoms. The second-order valence-electron chi connectivity index (χ2n) is 5.24. The lowest BCUT2D eigenvalue weighted by atomic mass is 10.1. The van der Waals surface area contributed by atoms with Crippen LogP contribution in [0.3, 0.4) is 0 Å². The molecule has 0 saturated heterocycles. The van der Waals surface area contributed by atoms with E-state index < -0.39 is 0 Å². The largest absolute Gasteiger partial charge is 0.352 e. The first-order chi connectivity index (χ1) is 11.8. The smallest absolute Gasteiger partial charge is 0.191 e. The van der Waals surface area contributed by atoms with Gasteiger partial charge in [0, 0.05) is 37.1 Å². The lowest BCUT2D eigenvalue weighted by Gasteiger charge is -2.14. The lowest BCUT2D eigenvalue weighted by Crippen LogP contribution is -2.36. The summed E-state index contributed by atoms with van der Waals surface area (Å²) in [6, 6.07) is 8.23. The van der Waals surface area contributed by atoms with Crippen LogP contribution >= 0.6 is 35.3 Å². The van der Waals surface area contributed by atoms with E-state index in [2.05, 4.69) is 44.7 Å². The van der Waals surface area contributed by atoms with E-state index in [9.17, 15) is 0 Å². The number of aliphatic imine (C=N–C) groups is 1. The first kappa shape index (κ1) is 19.4. The van der Waals surface area contributed by atoms with Crippen LogP contribution < -0.4 is 10.6 Å². The van der Waals surface area contributed by atoms with Gasteiger partial charge in [-0.1, -0.05) is 18.2 Å². The number of hydrogen-bond acceptors (Lipinski definition) is 4. The minimum absolute atomic E-state index is 0. The fraction of sp³-hybridized carbons (Fsp3) is 0.235. The van der Waals surface area contributed by atoms with Gasteiger partial charge in [-0.25, -0.2) is 9.97 Å². The number of imidazole rings is 1. The summed E-state index contributed by atoms with van der Waals surface area (Å²) in [6.07, 6.45) is 7.41. The van der Waals surface area contributed by atoms with Gasteiger partial charge in [0.2, 0.25) is 0 Å². The molecule has 0 fully saturated rings. The van der Waals surface area contributed by atoms with Gasteiger partial charge in [-0.15, -0.1) is 35.3 Å². The van der Waals surface area contributed by atoms with Crippen LogP contribution in [0.25, 0.3) is 5.69 Å². The topological polar surface area (TPSA) is 67.1 Å². The number of rotatable bonds is 5. The van der Waals surface area contributed by atoms with Gasteiger partial charge in [-0.3, -0.25) is 4.99 Å². The molecule has 0 amide bonds. The average Bonchev–Trinajstić information content (AvgIpc) is 3.27. The molecule has 0 unspecified atom stereocenters. The van der Waals surface area contributed by atoms with Gasteiger partial charge in [0.1, 0.15) is 5.01 Å². The molecular weight excluding hydrogens is 447 g/mol. The predicted octanol–water partition coefficient (Wildman–Crippen LogP) is 3.12. The molecule has 0 aliphatic rings. The fourth-order valence-electron chi connectivity index (χ4n) is 2.36. The quantitative estimate of drug-likeness (QED) is 0.343. The number of hydrogen-bond donors (Lipinski definition) is 2. The Bertz CT molecular complexity index is 812. The third kappa shape index (κ3) is 5.27. The highest BCUT2D eigenvalue weighted by Gasteiger charge is 2.06. The third-order valence-corrected chi connectivity index (χ3v) is 4.43. The molecule has 0 atom stereocenters. The van der Waals surface area contributed by atoms with Crippen molar-refractivity contribution in [2.24, 2.45) is 4.99 Å². The Morgan fingerprint density at radius 2 is 2.04 bits per heavy atom. The molecule has 0 radical (unpaired) electrons. The van der Waals surface area contributed by atoms with E-state index in [4.69, 9.17) is 0 Å². The number of aryl methyl sites for hydroxylation is 1. The number of aromatic nitrogens is 3. The van der Waals surface area contributed by atoms with Gasteiger partial charge >= 0.3 is 0 Å². The molecule has 3 rings (SSSR count). The summed E-state index contributed by atoms with van der Waals surface area (Å²) in [6.45, 7) is 3.40. The minimum atomic E-state index is 0. The maximum Gasteiger partial charge on any atom is 0.191 e. The third-order valence-electron chi connectivity index (χ3n) is 3.52. The normalized spacial score (nSPS) is 11.0. The van der Waals surface area contributed by atoms with Crippen molar-refractivity contribution in [2.45, 2.75) is 20.0 Å². The molecule has 0 aliphatic heterocycles. The molecule has 0 aliphatic carbocycles. The van der Waals surface area contributed by atoms with E-state index in [-0.39, 0.29) is 24.0 Å². The van der Waals surface area contributed by atoms with E-state index in [0.717, 1.165) is 16.7 Å². The van der Waals surface area contributed by atoms with Crippen LogP contribution in [-0.2, 0) is 13.1 Å². The lowest BCUT2D eigenvalue weighted by molar-refractivity contribution is 0.800. The summed E-state index contributed by atoms with van der Waals surface area (Å²) < 4.78 is 2.01. The average molecular weight is 468 g/mol. The number of benzene rings is 1. The van der Waals surface area contributed by atoms with E-state index in [1.54, 1.807) is 30.9 Å². The van der Waals surface area contributed by atoms with Gasteiger partial charge in [-0.2, -0.15) is 0 Å². The van der Waals surface area contributed by atoms with Gasteiger partial charge in [0.25, 0.3) is 0 Å². The molecule has 132 valence electrons. The maximum absolute atomic E-state index is 4.35. The van der Waals surface area contributed by atoms with Gasteiger partial charge in [0.05, 0.1) is 18.6 Å². The van der Waals surface area contributed by atoms with Gasteiger partial charge in [-0.05, 0) is 18.6 Å². The Kier molecular flexibility index (Phi) is 7.38. The van der Waals surface area contributed by atoms with Crippen LogP contribution in [0.1, 0.15) is 15.4 Å². The van der Waals surface area contributed by atoms with Crippen LogP contribution in [0.15, 0.2) is 54.2 Å². The highest BCUT2D eigenvalue weighted by atomic mass is 127. The van der Waals surface area contributed by atoms with Crippen LogP contribution in [0.5, 0.6) is 0 Å². The maximum atomic E-state index is 4.35. The van der Waals surface area contributed by atoms with Gasteiger partial charge in [0.15, 0.2) is 5.96 Å². The summed E-state index contributed by atoms with van der Waals surface area (Å²) >= 11 is 1.69. The molecule has 2 N–H and O–H groups in total. The summed E-state index contributed by atoms with van der Waals surface area (Å²) in [7, 11) is 1.77. The first-order valence-corrected chi connectivity index (χ1v) is 8.50. The number of nitrogens with zero attached hydrogens (tertiary/aromatic N) is 4. The van der Waals surface area contributed by atoms with E-state index >= 15 is 0 Å². The SMILES string of the molecule is CN=C(NCc1ncc(C)s1)NCc1ccccc1-n1ccnc1.I. The number of halogens is 1. The van der Waals surface area contributed by atoms with Crippen molar-refractivity contribution in [3.8, 4) is 5.69 Å². The zero-order valence-electron chi connectivity index (χ0n) is 14.1. The molecule has 2 heterocycles. The van der Waals surface area contributed by atoms with Crippen molar-refractivity contribution in [2.75, 3.05) is 7.05 Å². The predicted molar refractivity (Wildman–Crippen MR) is 113 cm³/mol. The standard InChI is InChI=1S/C17H20N6S.HI/c1-13-9-20-16(24-13)11-22-17(18-2)21-10-14-5-3-4-6-15(14)23-8-7-19-12-23;/h3-9,12H,10-11H2,1-2H3,(H2,18,21,22);1H. The highest BCUT2D eigenvalue weighted by molar-refractivity contribution is 14.0. The Morgan fingerprint density at radius 3 is 2.72 bits per heavy atom. The highest BCUT2D eigenvalue weighted by Crippen LogP contribution is 2.14. The monoisotopic (exact) mass is 468 g/mol. The fourth-order valence-corrected chi connectivity index (χ4v) is 3.08. The molecule has 3 aromatic rings. The Hall–Kier alpha value is -1.94. The number of para-hydroxylation sites is 1. The zero-order chi connectivity index (χ0) is 16.8.